The lowest BCUT2D eigenvalue weighted by Crippen LogP contribution is -2.34. The highest BCUT2D eigenvalue weighted by Crippen LogP contribution is 2.13. The number of hydrogen-bond donors (Lipinski definition) is 1. The number of aromatic nitrogens is 1. The zero-order valence-corrected chi connectivity index (χ0v) is 11.3. The maximum Gasteiger partial charge on any atom is 0.272 e. The Morgan fingerprint density at radius 1 is 1.11 bits per heavy atom. The molecule has 2 rings (SSSR count). The zero-order chi connectivity index (χ0) is 12.1. The highest BCUT2D eigenvalue weighted by molar-refractivity contribution is 5.92. The molecule has 0 radical (unpaired) electrons. The molecule has 1 aliphatic rings. The lowest BCUT2D eigenvalue weighted by molar-refractivity contribution is 0.0736. The van der Waals surface area contributed by atoms with E-state index >= 15 is 0 Å². The molecule has 0 aromatic carbocycles. The van der Waals surface area contributed by atoms with Crippen molar-refractivity contribution in [1.29, 1.82) is 0 Å². The molecule has 5 heteroatoms. The molecule has 2 N–H and O–H groups in total. The second-order valence-electron chi connectivity index (χ2n) is 4.54. The number of anilines is 1. The first kappa shape index (κ1) is 14.8. The number of rotatable bonds is 1. The Morgan fingerprint density at radius 2 is 1.72 bits per heavy atom. The first-order valence-electron chi connectivity index (χ1n) is 6.28. The first-order valence-corrected chi connectivity index (χ1v) is 6.28. The van der Waals surface area contributed by atoms with E-state index in [1.165, 1.54) is 25.5 Å². The second kappa shape index (κ2) is 7.21. The van der Waals surface area contributed by atoms with E-state index < -0.39 is 0 Å². The third-order valence-corrected chi connectivity index (χ3v) is 3.15. The van der Waals surface area contributed by atoms with Crippen LogP contribution in [0, 0.1) is 0 Å². The molecule has 18 heavy (non-hydrogen) atoms. The largest absolute Gasteiger partial charge is 0.397 e. The van der Waals surface area contributed by atoms with Crippen LogP contribution in [0.15, 0.2) is 18.3 Å². The monoisotopic (exact) mass is 269 g/mol. The molecule has 0 atom stereocenters. The van der Waals surface area contributed by atoms with Crippen molar-refractivity contribution in [2.75, 3.05) is 18.8 Å². The lowest BCUT2D eigenvalue weighted by atomic mass is 10.1. The fraction of sp³-hybridized carbons (Fsp3) is 0.538. The second-order valence-corrected chi connectivity index (χ2v) is 4.54. The first-order chi connectivity index (χ1) is 8.27. The van der Waals surface area contributed by atoms with Crippen LogP contribution >= 0.6 is 12.4 Å². The number of nitrogens with two attached hydrogens (primary N) is 1. The van der Waals surface area contributed by atoms with Gasteiger partial charge in [0.05, 0.1) is 11.9 Å². The topological polar surface area (TPSA) is 59.2 Å². The minimum Gasteiger partial charge on any atom is -0.397 e. The Kier molecular flexibility index (Phi) is 5.92. The van der Waals surface area contributed by atoms with E-state index in [0.29, 0.717) is 11.4 Å². The quantitative estimate of drug-likeness (QED) is 0.852. The van der Waals surface area contributed by atoms with E-state index in [0.717, 1.165) is 25.9 Å². The summed E-state index contributed by atoms with van der Waals surface area (Å²) in [6.07, 6.45) is 7.47. The van der Waals surface area contributed by atoms with Gasteiger partial charge in [0.2, 0.25) is 0 Å². The third kappa shape index (κ3) is 3.88. The van der Waals surface area contributed by atoms with Crippen LogP contribution in [-0.4, -0.2) is 28.9 Å². The number of likely N-dealkylation sites (tertiary alicyclic amines) is 1. The maximum absolute atomic E-state index is 12.2. The molecule has 2 heterocycles. The summed E-state index contributed by atoms with van der Waals surface area (Å²) in [5.41, 5.74) is 6.66. The van der Waals surface area contributed by atoms with Crippen LogP contribution in [0.5, 0.6) is 0 Å². The Bertz CT molecular complexity index is 372. The van der Waals surface area contributed by atoms with Gasteiger partial charge >= 0.3 is 0 Å². The van der Waals surface area contributed by atoms with Crippen LogP contribution < -0.4 is 5.73 Å². The Hall–Kier alpha value is -1.29. The molecule has 1 amide bonds. The van der Waals surface area contributed by atoms with Gasteiger partial charge in [0.25, 0.3) is 5.91 Å². The number of amides is 1. The molecule has 1 aromatic rings. The van der Waals surface area contributed by atoms with Gasteiger partial charge in [-0.1, -0.05) is 19.3 Å². The number of carbonyl (C=O) groups excluding carboxylic acids is 1. The summed E-state index contributed by atoms with van der Waals surface area (Å²) in [6, 6.07) is 3.43. The van der Waals surface area contributed by atoms with Crippen LogP contribution in [0.25, 0.3) is 0 Å². The lowest BCUT2D eigenvalue weighted by Gasteiger charge is -2.24. The smallest absolute Gasteiger partial charge is 0.272 e. The van der Waals surface area contributed by atoms with E-state index in [1.807, 2.05) is 4.90 Å². The van der Waals surface area contributed by atoms with Crippen molar-refractivity contribution in [2.24, 2.45) is 0 Å². The predicted molar refractivity (Wildman–Crippen MR) is 74.9 cm³/mol. The summed E-state index contributed by atoms with van der Waals surface area (Å²) in [4.78, 5) is 18.2. The SMILES string of the molecule is Cl.Nc1ccc(C(=O)N2CCCCCCC2)nc1. The van der Waals surface area contributed by atoms with E-state index in [4.69, 9.17) is 5.73 Å². The van der Waals surface area contributed by atoms with Gasteiger partial charge < -0.3 is 10.6 Å². The summed E-state index contributed by atoms with van der Waals surface area (Å²) in [5, 5.41) is 0. The average molecular weight is 270 g/mol. The van der Waals surface area contributed by atoms with Crippen molar-refractivity contribution in [3.8, 4) is 0 Å². The molecule has 1 aliphatic heterocycles. The molecule has 1 fully saturated rings. The molecule has 1 aromatic heterocycles. The fourth-order valence-corrected chi connectivity index (χ4v) is 2.14. The molecule has 0 aliphatic carbocycles. The summed E-state index contributed by atoms with van der Waals surface area (Å²) in [6.45, 7) is 1.70. The summed E-state index contributed by atoms with van der Waals surface area (Å²) < 4.78 is 0. The highest BCUT2D eigenvalue weighted by atomic mass is 35.5. The van der Waals surface area contributed by atoms with E-state index in [1.54, 1.807) is 12.1 Å². The molecular weight excluding hydrogens is 250 g/mol. The van der Waals surface area contributed by atoms with Crippen molar-refractivity contribution in [3.05, 3.63) is 24.0 Å². The van der Waals surface area contributed by atoms with Crippen molar-refractivity contribution in [1.82, 2.24) is 9.88 Å². The van der Waals surface area contributed by atoms with Gasteiger partial charge in [-0.3, -0.25) is 4.79 Å². The van der Waals surface area contributed by atoms with Gasteiger partial charge in [0.1, 0.15) is 5.69 Å². The zero-order valence-electron chi connectivity index (χ0n) is 10.5. The van der Waals surface area contributed by atoms with E-state index in [-0.39, 0.29) is 18.3 Å². The molecule has 0 spiro atoms. The van der Waals surface area contributed by atoms with Crippen molar-refractivity contribution < 1.29 is 4.79 Å². The highest BCUT2D eigenvalue weighted by Gasteiger charge is 2.17. The van der Waals surface area contributed by atoms with Crippen molar-refractivity contribution in [2.45, 2.75) is 32.1 Å². The standard InChI is InChI=1S/C13H19N3O.ClH/c14-11-6-7-12(15-10-11)13(17)16-8-4-2-1-3-5-9-16;/h6-7,10H,1-5,8-9,14H2;1H. The molecule has 0 saturated carbocycles. The van der Waals surface area contributed by atoms with Gasteiger partial charge in [-0.2, -0.15) is 0 Å². The number of halogens is 1. The minimum absolute atomic E-state index is 0. The summed E-state index contributed by atoms with van der Waals surface area (Å²) >= 11 is 0. The van der Waals surface area contributed by atoms with Crippen LogP contribution in [-0.2, 0) is 0 Å². The van der Waals surface area contributed by atoms with Gasteiger partial charge in [-0.25, -0.2) is 4.98 Å². The molecule has 0 bridgehead atoms. The predicted octanol–water partition coefficient (Wildman–Crippen LogP) is 2.49. The van der Waals surface area contributed by atoms with E-state index in [9.17, 15) is 4.79 Å². The number of carbonyl (C=O) groups is 1. The summed E-state index contributed by atoms with van der Waals surface area (Å²) in [7, 11) is 0. The Labute approximate surface area is 114 Å². The number of nitrogens with zero attached hydrogens (tertiary/aromatic N) is 2. The summed E-state index contributed by atoms with van der Waals surface area (Å²) in [5.74, 6) is 0.0342. The van der Waals surface area contributed by atoms with Gasteiger partial charge in [0, 0.05) is 13.1 Å². The van der Waals surface area contributed by atoms with Crippen LogP contribution in [0.2, 0.25) is 0 Å². The molecule has 100 valence electrons. The Morgan fingerprint density at radius 3 is 2.28 bits per heavy atom. The number of pyridine rings is 1. The average Bonchev–Trinajstić information content (AvgIpc) is 2.29. The van der Waals surface area contributed by atoms with Crippen molar-refractivity contribution >= 4 is 24.0 Å². The molecule has 1 saturated heterocycles. The minimum atomic E-state index is 0. The van der Waals surface area contributed by atoms with Crippen molar-refractivity contribution in [3.63, 3.8) is 0 Å². The molecular formula is C13H20ClN3O. The van der Waals surface area contributed by atoms with E-state index in [2.05, 4.69) is 4.98 Å². The van der Waals surface area contributed by atoms with Crippen LogP contribution in [0.4, 0.5) is 5.69 Å². The van der Waals surface area contributed by atoms with Gasteiger partial charge in [-0.15, -0.1) is 12.4 Å². The third-order valence-electron chi connectivity index (χ3n) is 3.15. The van der Waals surface area contributed by atoms with Crippen LogP contribution in [0.1, 0.15) is 42.6 Å². The van der Waals surface area contributed by atoms with Gasteiger partial charge in [-0.05, 0) is 25.0 Å². The van der Waals surface area contributed by atoms with Crippen LogP contribution in [0.3, 0.4) is 0 Å². The molecule has 0 unspecified atom stereocenters. The number of nitrogen functional groups attached to an aromatic ring is 1. The maximum atomic E-state index is 12.2. The fourth-order valence-electron chi connectivity index (χ4n) is 2.14. The molecule has 4 nitrogen and oxygen atoms in total. The van der Waals surface area contributed by atoms with Gasteiger partial charge in [0.15, 0.2) is 0 Å². The normalized spacial score (nSPS) is 16.3. The number of hydrogen-bond acceptors (Lipinski definition) is 3. The Balaban J connectivity index is 0.00000162.